The molecule has 0 radical (unpaired) electrons. The number of nitriles is 1. The maximum Gasteiger partial charge on any atom is 0.311 e. The van der Waals surface area contributed by atoms with E-state index in [0.29, 0.717) is 12.1 Å². The number of nitro groups is 1. The smallest absolute Gasteiger partial charge is 0.311 e. The Labute approximate surface area is 132 Å². The Kier molecular flexibility index (Phi) is 4.89. The number of benzene rings is 2. The largest absolute Gasteiger partial charge is 0.490 e. The van der Waals surface area contributed by atoms with Crippen LogP contribution in [-0.4, -0.2) is 17.9 Å². The van der Waals surface area contributed by atoms with Gasteiger partial charge in [0.1, 0.15) is 0 Å². The van der Waals surface area contributed by atoms with Crippen LogP contribution in [0.25, 0.3) is 0 Å². The van der Waals surface area contributed by atoms with Crippen LogP contribution in [0.2, 0.25) is 0 Å². The summed E-state index contributed by atoms with van der Waals surface area (Å²) in [7, 11) is 1.32. The summed E-state index contributed by atoms with van der Waals surface area (Å²) in [5.74, 6) is -0.379. The number of methoxy groups -OCH3 is 1. The van der Waals surface area contributed by atoms with Crippen LogP contribution < -0.4 is 10.1 Å². The van der Waals surface area contributed by atoms with Gasteiger partial charge < -0.3 is 10.1 Å². The number of anilines is 1. The van der Waals surface area contributed by atoms with Crippen LogP contribution in [0.1, 0.15) is 15.9 Å². The van der Waals surface area contributed by atoms with Gasteiger partial charge in [-0.15, -0.1) is 0 Å². The molecule has 0 bridgehead atoms. The highest BCUT2D eigenvalue weighted by atomic mass is 16.6. The minimum absolute atomic E-state index is 0.0902. The van der Waals surface area contributed by atoms with Crippen molar-refractivity contribution in [3.8, 4) is 11.8 Å². The van der Waals surface area contributed by atoms with Gasteiger partial charge >= 0.3 is 5.69 Å². The lowest BCUT2D eigenvalue weighted by Gasteiger charge is -2.07. The van der Waals surface area contributed by atoms with Gasteiger partial charge in [0.05, 0.1) is 24.5 Å². The standard InChI is InChI=1S/C16H13N3O4/c1-23-15-7-4-12(10-14(15)19(21)22)16(20)18-13-5-2-11(3-6-13)8-9-17/h2-7,10H,8H2,1H3,(H,18,20). The van der Waals surface area contributed by atoms with Crippen molar-refractivity contribution in [1.82, 2.24) is 0 Å². The van der Waals surface area contributed by atoms with E-state index in [1.54, 1.807) is 24.3 Å². The third kappa shape index (κ3) is 3.83. The first kappa shape index (κ1) is 16.0. The quantitative estimate of drug-likeness (QED) is 0.675. The number of rotatable bonds is 5. The van der Waals surface area contributed by atoms with E-state index >= 15 is 0 Å². The topological polar surface area (TPSA) is 105 Å². The molecule has 0 aliphatic carbocycles. The maximum atomic E-state index is 12.2. The average Bonchev–Trinajstić information content (AvgIpc) is 2.56. The van der Waals surface area contributed by atoms with E-state index in [9.17, 15) is 14.9 Å². The van der Waals surface area contributed by atoms with Crippen LogP contribution in [0, 0.1) is 21.4 Å². The van der Waals surface area contributed by atoms with E-state index in [-0.39, 0.29) is 17.0 Å². The maximum absolute atomic E-state index is 12.2. The molecule has 7 nitrogen and oxygen atoms in total. The molecule has 1 amide bonds. The zero-order chi connectivity index (χ0) is 16.8. The summed E-state index contributed by atoms with van der Waals surface area (Å²) in [6.07, 6.45) is 0.291. The number of ether oxygens (including phenoxy) is 1. The van der Waals surface area contributed by atoms with Crippen LogP contribution >= 0.6 is 0 Å². The van der Waals surface area contributed by atoms with Gasteiger partial charge in [0, 0.05) is 17.3 Å². The molecule has 2 rings (SSSR count). The van der Waals surface area contributed by atoms with E-state index in [2.05, 4.69) is 5.32 Å². The zero-order valence-electron chi connectivity index (χ0n) is 12.3. The number of hydrogen-bond acceptors (Lipinski definition) is 5. The lowest BCUT2D eigenvalue weighted by molar-refractivity contribution is -0.385. The Balaban J connectivity index is 2.19. The molecular formula is C16H13N3O4. The van der Waals surface area contributed by atoms with Gasteiger partial charge in [-0.3, -0.25) is 14.9 Å². The molecule has 116 valence electrons. The fourth-order valence-electron chi connectivity index (χ4n) is 1.97. The highest BCUT2D eigenvalue weighted by Crippen LogP contribution is 2.27. The number of amides is 1. The van der Waals surface area contributed by atoms with Crippen molar-refractivity contribution in [1.29, 1.82) is 5.26 Å². The molecule has 1 N–H and O–H groups in total. The van der Waals surface area contributed by atoms with E-state index in [1.807, 2.05) is 6.07 Å². The molecular weight excluding hydrogens is 298 g/mol. The lowest BCUT2D eigenvalue weighted by atomic mass is 10.1. The minimum Gasteiger partial charge on any atom is -0.490 e. The number of nitro benzene ring substituents is 1. The predicted octanol–water partition coefficient (Wildman–Crippen LogP) is 2.92. The Hall–Kier alpha value is -3.40. The van der Waals surface area contributed by atoms with Gasteiger partial charge in [-0.2, -0.15) is 5.26 Å². The van der Waals surface area contributed by atoms with Crippen LogP contribution in [0.3, 0.4) is 0 Å². The molecule has 7 heteroatoms. The van der Waals surface area contributed by atoms with Crippen molar-refractivity contribution in [2.75, 3.05) is 12.4 Å². The number of carbonyl (C=O) groups excluding carboxylic acids is 1. The monoisotopic (exact) mass is 311 g/mol. The molecule has 0 saturated heterocycles. The highest BCUT2D eigenvalue weighted by molar-refractivity contribution is 6.04. The van der Waals surface area contributed by atoms with Gasteiger partial charge in [-0.25, -0.2) is 0 Å². The van der Waals surface area contributed by atoms with Crippen LogP contribution in [0.4, 0.5) is 11.4 Å². The minimum atomic E-state index is -0.605. The molecule has 0 heterocycles. The van der Waals surface area contributed by atoms with Gasteiger partial charge in [0.15, 0.2) is 5.75 Å². The molecule has 0 unspecified atom stereocenters. The van der Waals surface area contributed by atoms with Crippen LogP contribution in [0.5, 0.6) is 5.75 Å². The molecule has 23 heavy (non-hydrogen) atoms. The van der Waals surface area contributed by atoms with E-state index < -0.39 is 10.8 Å². The Bertz CT molecular complexity index is 779. The number of nitrogens with zero attached hydrogens (tertiary/aromatic N) is 2. The van der Waals surface area contributed by atoms with E-state index in [4.69, 9.17) is 10.00 Å². The van der Waals surface area contributed by atoms with Gasteiger partial charge in [-0.05, 0) is 29.8 Å². The number of nitrogens with one attached hydrogen (secondary N) is 1. The first-order valence-corrected chi connectivity index (χ1v) is 6.65. The molecule has 2 aromatic rings. The van der Waals surface area contributed by atoms with Crippen molar-refractivity contribution >= 4 is 17.3 Å². The van der Waals surface area contributed by atoms with Gasteiger partial charge in [-0.1, -0.05) is 12.1 Å². The third-order valence-electron chi connectivity index (χ3n) is 3.13. The van der Waals surface area contributed by atoms with E-state index in [1.165, 1.54) is 19.2 Å². The normalized spacial score (nSPS) is 9.74. The summed E-state index contributed by atoms with van der Waals surface area (Å²) in [5, 5.41) is 22.2. The fraction of sp³-hybridized carbons (Fsp3) is 0.125. The van der Waals surface area contributed by atoms with Crippen LogP contribution in [-0.2, 0) is 6.42 Å². The zero-order valence-corrected chi connectivity index (χ0v) is 12.3. The third-order valence-corrected chi connectivity index (χ3v) is 3.13. The second-order valence-corrected chi connectivity index (χ2v) is 4.63. The summed E-state index contributed by atoms with van der Waals surface area (Å²) in [6.45, 7) is 0. The SMILES string of the molecule is COc1ccc(C(=O)Nc2ccc(CC#N)cc2)cc1[N+](=O)[O-]. The molecule has 0 aliphatic heterocycles. The molecule has 0 saturated carbocycles. The molecule has 0 aromatic heterocycles. The molecule has 0 aliphatic rings. The van der Waals surface area contributed by atoms with Crippen LogP contribution in [0.15, 0.2) is 42.5 Å². The van der Waals surface area contributed by atoms with E-state index in [0.717, 1.165) is 11.6 Å². The summed E-state index contributed by atoms with van der Waals surface area (Å²) >= 11 is 0. The summed E-state index contributed by atoms with van der Waals surface area (Å²) < 4.78 is 4.90. The summed E-state index contributed by atoms with van der Waals surface area (Å²) in [6, 6.07) is 12.8. The van der Waals surface area contributed by atoms with Crippen molar-refractivity contribution < 1.29 is 14.5 Å². The molecule has 0 fully saturated rings. The van der Waals surface area contributed by atoms with Gasteiger partial charge in [0.25, 0.3) is 5.91 Å². The number of carbonyl (C=O) groups is 1. The Morgan fingerprint density at radius 3 is 2.57 bits per heavy atom. The molecule has 2 aromatic carbocycles. The Morgan fingerprint density at radius 2 is 2.00 bits per heavy atom. The van der Waals surface area contributed by atoms with Crippen molar-refractivity contribution in [3.63, 3.8) is 0 Å². The summed E-state index contributed by atoms with van der Waals surface area (Å²) in [4.78, 5) is 22.5. The lowest BCUT2D eigenvalue weighted by Crippen LogP contribution is -2.12. The number of hydrogen-bond donors (Lipinski definition) is 1. The molecule has 0 atom stereocenters. The first-order chi connectivity index (χ1) is 11.0. The second kappa shape index (κ2) is 7.04. The van der Waals surface area contributed by atoms with Crippen molar-refractivity contribution in [2.24, 2.45) is 0 Å². The highest BCUT2D eigenvalue weighted by Gasteiger charge is 2.18. The molecule has 0 spiro atoms. The Morgan fingerprint density at radius 1 is 1.30 bits per heavy atom. The predicted molar refractivity (Wildman–Crippen MR) is 83.4 cm³/mol. The summed E-state index contributed by atoms with van der Waals surface area (Å²) in [5.41, 5.74) is 1.25. The first-order valence-electron chi connectivity index (χ1n) is 6.65. The second-order valence-electron chi connectivity index (χ2n) is 4.63. The van der Waals surface area contributed by atoms with Gasteiger partial charge in [0.2, 0.25) is 0 Å². The fourth-order valence-corrected chi connectivity index (χ4v) is 1.97. The average molecular weight is 311 g/mol. The van der Waals surface area contributed by atoms with Crippen molar-refractivity contribution in [3.05, 3.63) is 63.7 Å². The van der Waals surface area contributed by atoms with Crippen molar-refractivity contribution in [2.45, 2.75) is 6.42 Å².